The number of hydrogen-bond acceptors (Lipinski definition) is 3. The van der Waals surface area contributed by atoms with Crippen molar-refractivity contribution in [3.8, 4) is 0 Å². The average molecular weight is 233 g/mol. The van der Waals surface area contributed by atoms with Crippen LogP contribution in [0, 0.1) is 5.92 Å². The smallest absolute Gasteiger partial charge is 0.131 e. The lowest BCUT2D eigenvalue weighted by molar-refractivity contribution is 0.311. The van der Waals surface area contributed by atoms with Gasteiger partial charge in [0.25, 0.3) is 0 Å². The Bertz CT molecular complexity index is 343. The Labute approximate surface area is 104 Å². The van der Waals surface area contributed by atoms with Crippen LogP contribution in [0.5, 0.6) is 0 Å². The molecule has 0 saturated heterocycles. The summed E-state index contributed by atoms with van der Waals surface area (Å²) in [6.07, 6.45) is 8.46. The quantitative estimate of drug-likeness (QED) is 0.869. The third-order valence-electron chi connectivity index (χ3n) is 3.88. The Morgan fingerprint density at radius 3 is 2.71 bits per heavy atom. The summed E-state index contributed by atoms with van der Waals surface area (Å²) in [6.45, 7) is 3.13. The molecular formula is C14H23N3. The number of hydrogen-bond donors (Lipinski definition) is 1. The van der Waals surface area contributed by atoms with Crippen molar-refractivity contribution < 1.29 is 0 Å². The van der Waals surface area contributed by atoms with E-state index in [2.05, 4.69) is 22.2 Å². The molecule has 0 amide bonds. The van der Waals surface area contributed by atoms with E-state index in [0.717, 1.165) is 24.0 Å². The van der Waals surface area contributed by atoms with Crippen molar-refractivity contribution >= 4 is 0 Å². The molecule has 0 radical (unpaired) electrons. The van der Waals surface area contributed by atoms with E-state index in [9.17, 15) is 0 Å². The highest BCUT2D eigenvalue weighted by Gasteiger charge is 2.23. The van der Waals surface area contributed by atoms with Crippen molar-refractivity contribution in [3.05, 3.63) is 23.8 Å². The molecule has 1 fully saturated rings. The summed E-state index contributed by atoms with van der Waals surface area (Å²) in [7, 11) is 1.95. The SMILES string of the molecule is CCC1CCC(c2nccc(CNC)n2)CC1. The number of nitrogens with zero attached hydrogens (tertiary/aromatic N) is 2. The first-order chi connectivity index (χ1) is 8.33. The zero-order chi connectivity index (χ0) is 12.1. The molecule has 0 aliphatic heterocycles. The predicted octanol–water partition coefficient (Wildman–Crippen LogP) is 2.88. The molecule has 94 valence electrons. The molecular weight excluding hydrogens is 210 g/mol. The van der Waals surface area contributed by atoms with Crippen LogP contribution in [0.1, 0.15) is 56.5 Å². The third kappa shape index (κ3) is 3.25. The van der Waals surface area contributed by atoms with Crippen molar-refractivity contribution in [1.82, 2.24) is 15.3 Å². The third-order valence-corrected chi connectivity index (χ3v) is 3.88. The van der Waals surface area contributed by atoms with Gasteiger partial charge in [0, 0.05) is 18.7 Å². The maximum absolute atomic E-state index is 4.66. The molecule has 0 atom stereocenters. The Morgan fingerprint density at radius 1 is 1.29 bits per heavy atom. The molecule has 0 spiro atoms. The summed E-state index contributed by atoms with van der Waals surface area (Å²) < 4.78 is 0. The van der Waals surface area contributed by atoms with E-state index >= 15 is 0 Å². The number of nitrogens with one attached hydrogen (secondary N) is 1. The Hall–Kier alpha value is -0.960. The largest absolute Gasteiger partial charge is 0.314 e. The highest BCUT2D eigenvalue weighted by Crippen LogP contribution is 2.35. The fourth-order valence-electron chi connectivity index (χ4n) is 2.72. The van der Waals surface area contributed by atoms with Gasteiger partial charge in [0.2, 0.25) is 0 Å². The normalized spacial score (nSPS) is 24.8. The first kappa shape index (κ1) is 12.5. The van der Waals surface area contributed by atoms with E-state index in [0.29, 0.717) is 5.92 Å². The van der Waals surface area contributed by atoms with E-state index < -0.39 is 0 Å². The second-order valence-corrected chi connectivity index (χ2v) is 5.06. The number of rotatable bonds is 4. The Kier molecular flexibility index (Phi) is 4.49. The van der Waals surface area contributed by atoms with Gasteiger partial charge in [0.15, 0.2) is 0 Å². The van der Waals surface area contributed by atoms with Gasteiger partial charge in [-0.05, 0) is 44.7 Å². The van der Waals surface area contributed by atoms with Crippen molar-refractivity contribution in [2.45, 2.75) is 51.5 Å². The van der Waals surface area contributed by atoms with Crippen molar-refractivity contribution in [1.29, 1.82) is 0 Å². The molecule has 17 heavy (non-hydrogen) atoms. The molecule has 3 nitrogen and oxygen atoms in total. The van der Waals surface area contributed by atoms with Crippen molar-refractivity contribution in [2.75, 3.05) is 7.05 Å². The first-order valence-electron chi connectivity index (χ1n) is 6.80. The van der Waals surface area contributed by atoms with Crippen LogP contribution in [0.3, 0.4) is 0 Å². The van der Waals surface area contributed by atoms with Gasteiger partial charge in [-0.2, -0.15) is 0 Å². The second kappa shape index (κ2) is 6.10. The zero-order valence-electron chi connectivity index (χ0n) is 10.9. The van der Waals surface area contributed by atoms with Crippen molar-refractivity contribution in [3.63, 3.8) is 0 Å². The van der Waals surface area contributed by atoms with E-state index in [-0.39, 0.29) is 0 Å². The molecule has 0 aromatic carbocycles. The second-order valence-electron chi connectivity index (χ2n) is 5.06. The monoisotopic (exact) mass is 233 g/mol. The molecule has 0 bridgehead atoms. The molecule has 1 heterocycles. The minimum Gasteiger partial charge on any atom is -0.314 e. The highest BCUT2D eigenvalue weighted by atomic mass is 14.9. The van der Waals surface area contributed by atoms with E-state index in [4.69, 9.17) is 0 Å². The average Bonchev–Trinajstić information content (AvgIpc) is 2.40. The highest BCUT2D eigenvalue weighted by molar-refractivity contribution is 5.06. The van der Waals surface area contributed by atoms with Crippen LogP contribution < -0.4 is 5.32 Å². The molecule has 1 aliphatic carbocycles. The molecule has 1 aromatic rings. The minimum absolute atomic E-state index is 0.592. The van der Waals surface area contributed by atoms with Crippen LogP contribution in [-0.2, 0) is 6.54 Å². The van der Waals surface area contributed by atoms with E-state index in [1.54, 1.807) is 0 Å². The van der Waals surface area contributed by atoms with Crippen LogP contribution in [0.15, 0.2) is 12.3 Å². The van der Waals surface area contributed by atoms with E-state index in [1.165, 1.54) is 32.1 Å². The van der Waals surface area contributed by atoms with Gasteiger partial charge in [-0.15, -0.1) is 0 Å². The van der Waals surface area contributed by atoms with Crippen LogP contribution in [0.25, 0.3) is 0 Å². The lowest BCUT2D eigenvalue weighted by Crippen LogP contribution is -2.16. The first-order valence-corrected chi connectivity index (χ1v) is 6.80. The minimum atomic E-state index is 0.592. The fourth-order valence-corrected chi connectivity index (χ4v) is 2.72. The van der Waals surface area contributed by atoms with E-state index in [1.807, 2.05) is 19.3 Å². The summed E-state index contributed by atoms with van der Waals surface area (Å²) in [5.74, 6) is 2.59. The van der Waals surface area contributed by atoms with Gasteiger partial charge < -0.3 is 5.32 Å². The maximum Gasteiger partial charge on any atom is 0.131 e. The number of aromatic nitrogens is 2. The van der Waals surface area contributed by atoms with Gasteiger partial charge in [0.1, 0.15) is 5.82 Å². The lowest BCUT2D eigenvalue weighted by atomic mass is 9.80. The van der Waals surface area contributed by atoms with Gasteiger partial charge in [-0.3, -0.25) is 0 Å². The maximum atomic E-state index is 4.66. The summed E-state index contributed by atoms with van der Waals surface area (Å²) in [4.78, 5) is 9.12. The molecule has 1 saturated carbocycles. The van der Waals surface area contributed by atoms with Gasteiger partial charge in [0.05, 0.1) is 5.69 Å². The lowest BCUT2D eigenvalue weighted by Gasteiger charge is -2.26. The van der Waals surface area contributed by atoms with Crippen LogP contribution in [0.2, 0.25) is 0 Å². The van der Waals surface area contributed by atoms with Crippen LogP contribution in [-0.4, -0.2) is 17.0 Å². The van der Waals surface area contributed by atoms with Gasteiger partial charge in [-0.25, -0.2) is 9.97 Å². The molecule has 1 N–H and O–H groups in total. The van der Waals surface area contributed by atoms with Crippen molar-refractivity contribution in [2.24, 2.45) is 5.92 Å². The van der Waals surface area contributed by atoms with Crippen LogP contribution >= 0.6 is 0 Å². The topological polar surface area (TPSA) is 37.8 Å². The molecule has 1 aromatic heterocycles. The summed E-state index contributed by atoms with van der Waals surface area (Å²) in [5.41, 5.74) is 1.11. The fraction of sp³-hybridized carbons (Fsp3) is 0.714. The molecule has 3 heteroatoms. The van der Waals surface area contributed by atoms with Gasteiger partial charge >= 0.3 is 0 Å². The summed E-state index contributed by atoms with van der Waals surface area (Å²) in [6, 6.07) is 2.00. The van der Waals surface area contributed by atoms with Gasteiger partial charge in [-0.1, -0.05) is 13.3 Å². The van der Waals surface area contributed by atoms with Crippen LogP contribution in [0.4, 0.5) is 0 Å². The summed E-state index contributed by atoms with van der Waals surface area (Å²) in [5, 5.41) is 3.14. The molecule has 1 aliphatic rings. The zero-order valence-corrected chi connectivity index (χ0v) is 10.9. The molecule has 0 unspecified atom stereocenters. The summed E-state index contributed by atoms with van der Waals surface area (Å²) >= 11 is 0. The molecule has 2 rings (SSSR count). The Balaban J connectivity index is 2.00. The standard InChI is InChI=1S/C14H23N3/c1-3-11-4-6-12(7-5-11)14-16-9-8-13(17-14)10-15-2/h8-9,11-12,15H,3-7,10H2,1-2H3. The Morgan fingerprint density at radius 2 is 2.06 bits per heavy atom. The predicted molar refractivity (Wildman–Crippen MR) is 69.8 cm³/mol.